The van der Waals surface area contributed by atoms with Crippen molar-refractivity contribution in [2.75, 3.05) is 20.8 Å². The van der Waals surface area contributed by atoms with Gasteiger partial charge in [0.1, 0.15) is 0 Å². The van der Waals surface area contributed by atoms with Crippen LogP contribution in [-0.2, 0) is 6.42 Å². The third-order valence-corrected chi connectivity index (χ3v) is 5.01. The molecule has 1 amide bonds. The number of nitrogens with zero attached hydrogens (tertiary/aromatic N) is 3. The highest BCUT2D eigenvalue weighted by atomic mass is 16.5. The fraction of sp³-hybridized carbons (Fsp3) is 0.227. The molecular formula is C22H21N3O3. The van der Waals surface area contributed by atoms with Gasteiger partial charge in [0.25, 0.3) is 5.91 Å². The molecule has 3 aromatic rings. The molecule has 0 N–H and O–H groups in total. The van der Waals surface area contributed by atoms with Crippen LogP contribution in [0.2, 0.25) is 0 Å². The molecule has 0 spiro atoms. The second-order valence-corrected chi connectivity index (χ2v) is 6.54. The summed E-state index contributed by atoms with van der Waals surface area (Å²) in [6, 6.07) is 15.4. The van der Waals surface area contributed by atoms with Gasteiger partial charge in [0.15, 0.2) is 11.5 Å². The van der Waals surface area contributed by atoms with Gasteiger partial charge < -0.3 is 14.4 Å². The molecule has 0 fully saturated rings. The van der Waals surface area contributed by atoms with Gasteiger partial charge in [-0.3, -0.25) is 4.79 Å². The van der Waals surface area contributed by atoms with Gasteiger partial charge in [-0.1, -0.05) is 30.3 Å². The van der Waals surface area contributed by atoms with Crippen molar-refractivity contribution in [2.24, 2.45) is 0 Å². The Morgan fingerprint density at radius 2 is 1.68 bits per heavy atom. The highest BCUT2D eigenvalue weighted by molar-refractivity contribution is 5.91. The minimum atomic E-state index is -0.249. The van der Waals surface area contributed by atoms with Crippen molar-refractivity contribution in [1.29, 1.82) is 0 Å². The lowest BCUT2D eigenvalue weighted by atomic mass is 9.87. The van der Waals surface area contributed by atoms with Crippen LogP contribution in [0.25, 0.3) is 0 Å². The first-order chi connectivity index (χ1) is 13.7. The quantitative estimate of drug-likeness (QED) is 0.700. The van der Waals surface area contributed by atoms with E-state index in [0.717, 1.165) is 23.1 Å². The lowest BCUT2D eigenvalue weighted by Crippen LogP contribution is -2.41. The normalized spacial score (nSPS) is 15.6. The van der Waals surface area contributed by atoms with Crippen LogP contribution in [0, 0.1) is 0 Å². The number of hydrogen-bond acceptors (Lipinski definition) is 5. The smallest absolute Gasteiger partial charge is 0.292 e. The molecule has 6 nitrogen and oxygen atoms in total. The van der Waals surface area contributed by atoms with E-state index in [2.05, 4.69) is 9.97 Å². The Hall–Kier alpha value is -3.41. The Morgan fingerprint density at radius 1 is 1.00 bits per heavy atom. The molecule has 0 bridgehead atoms. The summed E-state index contributed by atoms with van der Waals surface area (Å²) in [5, 5.41) is 0. The van der Waals surface area contributed by atoms with Gasteiger partial charge in [-0.05, 0) is 41.3 Å². The van der Waals surface area contributed by atoms with Crippen molar-refractivity contribution in [1.82, 2.24) is 14.9 Å². The highest BCUT2D eigenvalue weighted by Gasteiger charge is 2.34. The molecular weight excluding hydrogens is 354 g/mol. The van der Waals surface area contributed by atoms with Gasteiger partial charge in [-0.2, -0.15) is 0 Å². The average molecular weight is 375 g/mol. The van der Waals surface area contributed by atoms with E-state index < -0.39 is 0 Å². The van der Waals surface area contributed by atoms with Crippen LogP contribution >= 0.6 is 0 Å². The van der Waals surface area contributed by atoms with Crippen molar-refractivity contribution in [3.8, 4) is 11.5 Å². The number of ether oxygens (including phenoxy) is 2. The molecule has 0 radical (unpaired) electrons. The zero-order valence-corrected chi connectivity index (χ0v) is 15.8. The number of carbonyl (C=O) groups is 1. The Morgan fingerprint density at radius 3 is 2.36 bits per heavy atom. The zero-order chi connectivity index (χ0) is 19.5. The molecule has 1 aromatic heterocycles. The van der Waals surface area contributed by atoms with E-state index in [9.17, 15) is 4.79 Å². The molecule has 6 heteroatoms. The molecule has 0 unspecified atom stereocenters. The topological polar surface area (TPSA) is 64.6 Å². The molecule has 0 saturated heterocycles. The third-order valence-electron chi connectivity index (χ3n) is 5.01. The van der Waals surface area contributed by atoms with Gasteiger partial charge in [0.2, 0.25) is 5.82 Å². The molecule has 1 aliphatic rings. The Kier molecular flexibility index (Phi) is 4.93. The molecule has 0 aliphatic carbocycles. The SMILES string of the molecule is COc1cc2c(cc1OC)[C@H](c1ccccc1)N(C(=O)c1ncccn1)CC2. The maximum atomic E-state index is 13.2. The summed E-state index contributed by atoms with van der Waals surface area (Å²) < 4.78 is 11.0. The molecule has 28 heavy (non-hydrogen) atoms. The molecule has 1 atom stereocenters. The van der Waals surface area contributed by atoms with Gasteiger partial charge in [0.05, 0.1) is 20.3 Å². The number of benzene rings is 2. The Bertz CT molecular complexity index is 977. The maximum absolute atomic E-state index is 13.2. The largest absolute Gasteiger partial charge is 0.493 e. The summed E-state index contributed by atoms with van der Waals surface area (Å²) in [6.45, 7) is 0.569. The van der Waals surface area contributed by atoms with Crippen LogP contribution in [0.15, 0.2) is 60.9 Å². The van der Waals surface area contributed by atoms with Crippen LogP contribution in [-0.4, -0.2) is 41.5 Å². The fourth-order valence-corrected chi connectivity index (χ4v) is 3.70. The maximum Gasteiger partial charge on any atom is 0.292 e. The summed E-state index contributed by atoms with van der Waals surface area (Å²) >= 11 is 0. The summed E-state index contributed by atoms with van der Waals surface area (Å²) in [5.74, 6) is 1.36. The zero-order valence-electron chi connectivity index (χ0n) is 15.8. The standard InChI is InChI=1S/C22H21N3O3/c1-27-18-13-16-9-12-25(22(26)21-23-10-6-11-24-21)20(15-7-4-3-5-8-15)17(16)14-19(18)28-2/h3-8,10-11,13-14,20H,9,12H2,1-2H3/t20-/m0/s1. The predicted octanol–water partition coefficient (Wildman–Crippen LogP) is 3.28. The van der Waals surface area contributed by atoms with Crippen LogP contribution in [0.1, 0.15) is 33.4 Å². The summed E-state index contributed by atoms with van der Waals surface area (Å²) in [5.41, 5.74) is 3.20. The van der Waals surface area contributed by atoms with E-state index in [1.807, 2.05) is 47.4 Å². The van der Waals surface area contributed by atoms with Crippen LogP contribution in [0.3, 0.4) is 0 Å². The number of aromatic nitrogens is 2. The number of amides is 1. The number of hydrogen-bond donors (Lipinski definition) is 0. The molecule has 2 aromatic carbocycles. The van der Waals surface area contributed by atoms with Gasteiger partial charge in [0, 0.05) is 18.9 Å². The molecule has 2 heterocycles. The first-order valence-electron chi connectivity index (χ1n) is 9.10. The Balaban J connectivity index is 1.84. The number of rotatable bonds is 4. The van der Waals surface area contributed by atoms with E-state index in [4.69, 9.17) is 9.47 Å². The number of fused-ring (bicyclic) bond motifs is 1. The Labute approximate surface area is 163 Å². The summed E-state index contributed by atoms with van der Waals surface area (Å²) in [7, 11) is 3.25. The molecule has 1 aliphatic heterocycles. The first-order valence-corrected chi connectivity index (χ1v) is 9.10. The minimum absolute atomic E-state index is 0.185. The highest BCUT2D eigenvalue weighted by Crippen LogP contribution is 2.41. The molecule has 4 rings (SSSR count). The van der Waals surface area contributed by atoms with Gasteiger partial charge >= 0.3 is 0 Å². The second kappa shape index (κ2) is 7.68. The van der Waals surface area contributed by atoms with Crippen molar-refractivity contribution in [2.45, 2.75) is 12.5 Å². The lowest BCUT2D eigenvalue weighted by Gasteiger charge is -2.37. The predicted molar refractivity (Wildman–Crippen MR) is 105 cm³/mol. The van der Waals surface area contributed by atoms with Crippen molar-refractivity contribution in [3.05, 3.63) is 83.4 Å². The van der Waals surface area contributed by atoms with E-state index in [1.165, 1.54) is 0 Å². The lowest BCUT2D eigenvalue weighted by molar-refractivity contribution is 0.0681. The minimum Gasteiger partial charge on any atom is -0.493 e. The van der Waals surface area contributed by atoms with Gasteiger partial charge in [-0.15, -0.1) is 0 Å². The second-order valence-electron chi connectivity index (χ2n) is 6.54. The summed E-state index contributed by atoms with van der Waals surface area (Å²) in [6.07, 6.45) is 3.89. The van der Waals surface area contributed by atoms with E-state index >= 15 is 0 Å². The van der Waals surface area contributed by atoms with E-state index in [0.29, 0.717) is 18.0 Å². The van der Waals surface area contributed by atoms with Gasteiger partial charge in [-0.25, -0.2) is 9.97 Å². The van der Waals surface area contributed by atoms with Crippen molar-refractivity contribution >= 4 is 5.91 Å². The van der Waals surface area contributed by atoms with Crippen LogP contribution in [0.5, 0.6) is 11.5 Å². The van der Waals surface area contributed by atoms with Crippen molar-refractivity contribution in [3.63, 3.8) is 0 Å². The first kappa shape index (κ1) is 18.0. The van der Waals surface area contributed by atoms with Crippen LogP contribution < -0.4 is 9.47 Å². The van der Waals surface area contributed by atoms with E-state index in [-0.39, 0.29) is 17.8 Å². The van der Waals surface area contributed by atoms with E-state index in [1.54, 1.807) is 32.7 Å². The van der Waals surface area contributed by atoms with Crippen molar-refractivity contribution < 1.29 is 14.3 Å². The molecule has 142 valence electrons. The summed E-state index contributed by atoms with van der Waals surface area (Å²) in [4.78, 5) is 23.4. The van der Waals surface area contributed by atoms with Crippen LogP contribution in [0.4, 0.5) is 0 Å². The molecule has 0 saturated carbocycles. The number of carbonyl (C=O) groups excluding carboxylic acids is 1. The monoisotopic (exact) mass is 375 g/mol. The third kappa shape index (κ3) is 3.17. The fourth-order valence-electron chi connectivity index (χ4n) is 3.70. The number of methoxy groups -OCH3 is 2. The average Bonchev–Trinajstić information content (AvgIpc) is 2.77.